The van der Waals surface area contributed by atoms with Crippen LogP contribution in [0.2, 0.25) is 5.02 Å². The van der Waals surface area contributed by atoms with Crippen molar-refractivity contribution in [1.82, 2.24) is 9.78 Å². The molecule has 0 saturated carbocycles. The quantitative estimate of drug-likeness (QED) is 0.729. The molecule has 24 heavy (non-hydrogen) atoms. The summed E-state index contributed by atoms with van der Waals surface area (Å²) in [5.74, 6) is 0.376. The molecule has 0 N–H and O–H groups in total. The van der Waals surface area contributed by atoms with Gasteiger partial charge in [-0.05, 0) is 63.5 Å². The summed E-state index contributed by atoms with van der Waals surface area (Å²) in [6.45, 7) is 10.4. The van der Waals surface area contributed by atoms with Gasteiger partial charge < -0.3 is 4.74 Å². The normalized spacial score (nSPS) is 10.6. The third-order valence-corrected chi connectivity index (χ3v) is 4.51. The van der Waals surface area contributed by atoms with E-state index in [0.29, 0.717) is 28.6 Å². The zero-order valence-electron chi connectivity index (χ0n) is 15.0. The number of ether oxygens (including phenoxy) is 1. The first-order valence-corrected chi connectivity index (χ1v) is 8.30. The maximum absolute atomic E-state index is 13.0. The van der Waals surface area contributed by atoms with Gasteiger partial charge in [-0.25, -0.2) is 4.68 Å². The van der Waals surface area contributed by atoms with Crippen LogP contribution in [-0.2, 0) is 7.05 Å². The molecule has 5 heteroatoms. The van der Waals surface area contributed by atoms with Crippen molar-refractivity contribution in [3.63, 3.8) is 0 Å². The van der Waals surface area contributed by atoms with E-state index in [1.165, 1.54) is 5.57 Å². The average Bonchev–Trinajstić information content (AvgIpc) is 2.88. The van der Waals surface area contributed by atoms with Gasteiger partial charge in [0.25, 0.3) is 0 Å². The van der Waals surface area contributed by atoms with Crippen molar-refractivity contribution in [2.45, 2.75) is 34.6 Å². The van der Waals surface area contributed by atoms with E-state index in [0.717, 1.165) is 16.7 Å². The third-order valence-electron chi connectivity index (χ3n) is 4.19. The highest BCUT2D eigenvalue weighted by atomic mass is 35.5. The number of aromatic nitrogens is 2. The summed E-state index contributed by atoms with van der Waals surface area (Å²) in [6, 6.07) is 3.55. The molecule has 0 fully saturated rings. The lowest BCUT2D eigenvalue weighted by Gasteiger charge is -2.15. The van der Waals surface area contributed by atoms with Crippen LogP contribution in [-0.4, -0.2) is 22.2 Å². The average molecular weight is 347 g/mol. The van der Waals surface area contributed by atoms with E-state index < -0.39 is 0 Å². The van der Waals surface area contributed by atoms with Gasteiger partial charge in [-0.1, -0.05) is 17.2 Å². The Balaban J connectivity index is 2.60. The molecular formula is C19H23ClN2O2. The topological polar surface area (TPSA) is 44.1 Å². The second kappa shape index (κ2) is 7.22. The number of rotatable bonds is 5. The predicted molar refractivity (Wildman–Crippen MR) is 97.9 cm³/mol. The van der Waals surface area contributed by atoms with E-state index in [-0.39, 0.29) is 5.78 Å². The van der Waals surface area contributed by atoms with Crippen molar-refractivity contribution in [2.24, 2.45) is 7.05 Å². The van der Waals surface area contributed by atoms with Crippen LogP contribution in [0.5, 0.6) is 5.88 Å². The van der Waals surface area contributed by atoms with Crippen LogP contribution in [0.15, 0.2) is 23.9 Å². The number of hydrogen-bond acceptors (Lipinski definition) is 3. The summed E-state index contributed by atoms with van der Waals surface area (Å²) in [6.07, 6.45) is 1.55. The van der Waals surface area contributed by atoms with Crippen LogP contribution in [0.4, 0.5) is 0 Å². The fourth-order valence-corrected chi connectivity index (χ4v) is 3.02. The number of hydrogen-bond donors (Lipinski definition) is 0. The number of benzene rings is 1. The molecule has 0 unspecified atom stereocenters. The molecule has 4 nitrogen and oxygen atoms in total. The van der Waals surface area contributed by atoms with Gasteiger partial charge in [0.2, 0.25) is 5.88 Å². The lowest BCUT2D eigenvalue weighted by molar-refractivity contribution is 0.103. The van der Waals surface area contributed by atoms with E-state index in [1.807, 2.05) is 34.6 Å². The highest BCUT2D eigenvalue weighted by molar-refractivity contribution is 6.32. The number of carbonyl (C=O) groups excluding carboxylic acids is 1. The molecule has 128 valence electrons. The molecule has 0 aliphatic carbocycles. The zero-order valence-corrected chi connectivity index (χ0v) is 15.8. The second-order valence-corrected chi connectivity index (χ2v) is 6.38. The molecule has 1 aromatic heterocycles. The molecule has 0 amide bonds. The van der Waals surface area contributed by atoms with Crippen molar-refractivity contribution < 1.29 is 9.53 Å². The standard InChI is InChI=1S/C19H23ClN2O2/c1-7-24-19-15(10-21-22(19)6)18(23)14-8-9-16(20)17(13(14)5)12(4)11(2)3/h8-10H,7H2,1-6H3. The molecule has 2 aromatic rings. The van der Waals surface area contributed by atoms with E-state index in [9.17, 15) is 4.79 Å². The Morgan fingerprint density at radius 3 is 2.50 bits per heavy atom. The summed E-state index contributed by atoms with van der Waals surface area (Å²) >= 11 is 6.39. The lowest BCUT2D eigenvalue weighted by atomic mass is 9.92. The maximum Gasteiger partial charge on any atom is 0.223 e. The zero-order chi connectivity index (χ0) is 18.0. The number of allylic oxidation sites excluding steroid dienone is 2. The van der Waals surface area contributed by atoms with Gasteiger partial charge in [0.05, 0.1) is 12.8 Å². The van der Waals surface area contributed by atoms with Gasteiger partial charge in [-0.2, -0.15) is 5.10 Å². The summed E-state index contributed by atoms with van der Waals surface area (Å²) in [5, 5.41) is 4.80. The number of ketones is 1. The molecule has 1 heterocycles. The van der Waals surface area contributed by atoms with Crippen molar-refractivity contribution in [2.75, 3.05) is 6.61 Å². The van der Waals surface area contributed by atoms with E-state index in [1.54, 1.807) is 30.1 Å². The summed E-state index contributed by atoms with van der Waals surface area (Å²) in [4.78, 5) is 13.0. The first-order valence-electron chi connectivity index (χ1n) is 7.92. The lowest BCUT2D eigenvalue weighted by Crippen LogP contribution is -2.09. The van der Waals surface area contributed by atoms with Crippen molar-refractivity contribution >= 4 is 23.0 Å². The Morgan fingerprint density at radius 2 is 1.92 bits per heavy atom. The van der Waals surface area contributed by atoms with Gasteiger partial charge in [0.15, 0.2) is 5.78 Å². The van der Waals surface area contributed by atoms with Gasteiger partial charge in [-0.15, -0.1) is 0 Å². The van der Waals surface area contributed by atoms with Crippen LogP contribution < -0.4 is 4.74 Å². The molecule has 0 aliphatic rings. The fraction of sp³-hybridized carbons (Fsp3) is 0.368. The number of nitrogens with zero attached hydrogens (tertiary/aromatic N) is 2. The first kappa shape index (κ1) is 18.3. The number of carbonyl (C=O) groups is 1. The molecule has 2 rings (SSSR count). The van der Waals surface area contributed by atoms with Gasteiger partial charge >= 0.3 is 0 Å². The summed E-state index contributed by atoms with van der Waals surface area (Å²) < 4.78 is 7.15. The van der Waals surface area contributed by atoms with Crippen molar-refractivity contribution in [3.05, 3.63) is 51.2 Å². The Kier molecular flexibility index (Phi) is 5.50. The molecular weight excluding hydrogens is 324 g/mol. The second-order valence-electron chi connectivity index (χ2n) is 5.97. The predicted octanol–water partition coefficient (Wildman–Crippen LogP) is 4.82. The van der Waals surface area contributed by atoms with Crippen LogP contribution in [0.3, 0.4) is 0 Å². The van der Waals surface area contributed by atoms with E-state index in [4.69, 9.17) is 16.3 Å². The molecule has 0 radical (unpaired) electrons. The van der Waals surface area contributed by atoms with Gasteiger partial charge in [0, 0.05) is 17.6 Å². The SMILES string of the molecule is CCOc1c(C(=O)c2ccc(Cl)c(C(C)=C(C)C)c2C)cnn1C. The minimum absolute atomic E-state index is 0.108. The highest BCUT2D eigenvalue weighted by Crippen LogP contribution is 2.33. The Labute approximate surface area is 148 Å². The van der Waals surface area contributed by atoms with Crippen LogP contribution in [0.25, 0.3) is 5.57 Å². The Bertz CT molecular complexity index is 815. The molecule has 0 atom stereocenters. The molecule has 0 aliphatic heterocycles. The third kappa shape index (κ3) is 3.24. The van der Waals surface area contributed by atoms with E-state index in [2.05, 4.69) is 5.10 Å². The van der Waals surface area contributed by atoms with E-state index >= 15 is 0 Å². The molecule has 1 aromatic carbocycles. The van der Waals surface area contributed by atoms with Gasteiger partial charge in [-0.3, -0.25) is 4.79 Å². The maximum atomic E-state index is 13.0. The summed E-state index contributed by atoms with van der Waals surface area (Å²) in [5.41, 5.74) is 5.13. The Morgan fingerprint density at radius 1 is 1.25 bits per heavy atom. The first-order chi connectivity index (χ1) is 11.3. The fourth-order valence-electron chi connectivity index (χ4n) is 2.67. The smallest absolute Gasteiger partial charge is 0.223 e. The summed E-state index contributed by atoms with van der Waals surface area (Å²) in [7, 11) is 1.76. The minimum atomic E-state index is -0.108. The number of halogens is 1. The van der Waals surface area contributed by atoms with Crippen molar-refractivity contribution in [1.29, 1.82) is 0 Å². The number of aryl methyl sites for hydroxylation is 1. The van der Waals surface area contributed by atoms with Gasteiger partial charge in [0.1, 0.15) is 5.56 Å². The minimum Gasteiger partial charge on any atom is -0.478 e. The van der Waals surface area contributed by atoms with Crippen molar-refractivity contribution in [3.8, 4) is 5.88 Å². The largest absolute Gasteiger partial charge is 0.478 e. The highest BCUT2D eigenvalue weighted by Gasteiger charge is 2.22. The molecule has 0 bridgehead atoms. The molecule has 0 saturated heterocycles. The molecule has 0 spiro atoms. The van der Waals surface area contributed by atoms with Crippen LogP contribution >= 0.6 is 11.6 Å². The van der Waals surface area contributed by atoms with Crippen LogP contribution in [0, 0.1) is 6.92 Å². The van der Waals surface area contributed by atoms with Crippen LogP contribution in [0.1, 0.15) is 54.7 Å². The monoisotopic (exact) mass is 346 g/mol. The Hall–Kier alpha value is -2.07.